The molecule has 0 aliphatic carbocycles. The van der Waals surface area contributed by atoms with Crippen molar-refractivity contribution < 1.29 is 9.53 Å². The first-order valence-corrected chi connectivity index (χ1v) is 14.4. The second-order valence-electron chi connectivity index (χ2n) is 9.89. The third-order valence-corrected chi connectivity index (χ3v) is 11.4. The summed E-state index contributed by atoms with van der Waals surface area (Å²) in [7, 11) is -1.77. The van der Waals surface area contributed by atoms with Crippen LogP contribution in [0.25, 0.3) is 0 Å². The van der Waals surface area contributed by atoms with Gasteiger partial charge in [0.1, 0.15) is 0 Å². The van der Waals surface area contributed by atoms with Crippen molar-refractivity contribution in [3.63, 3.8) is 0 Å². The van der Waals surface area contributed by atoms with E-state index in [2.05, 4.69) is 97.8 Å². The van der Waals surface area contributed by atoms with E-state index in [4.69, 9.17) is 4.43 Å². The summed E-state index contributed by atoms with van der Waals surface area (Å²) in [4.78, 5) is 0. The van der Waals surface area contributed by atoms with Gasteiger partial charge in [-0.1, -0.05) is 96.5 Å². The number of benzene rings is 2. The Balaban J connectivity index is 0.000000603. The van der Waals surface area contributed by atoms with E-state index in [1.807, 2.05) is 30.3 Å². The number of halogens is 2. The first kappa shape index (κ1) is 29.5. The molecule has 1 N–H and O–H groups in total. The molecule has 2 aromatic carbocycles. The highest BCUT2D eigenvalue weighted by Crippen LogP contribution is 2.42. The molecule has 0 atom stereocenters. The maximum atomic E-state index is 9.64. The minimum Gasteiger partial charge on any atom is -0.408 e. The summed E-state index contributed by atoms with van der Waals surface area (Å²) < 4.78 is 8.64. The smallest absolute Gasteiger partial charge is 0.193 e. The number of hydrogen-bond donors (Lipinski definition) is 1. The largest absolute Gasteiger partial charge is 0.408 e. The van der Waals surface area contributed by atoms with Crippen molar-refractivity contribution in [3.05, 3.63) is 68.6 Å². The van der Waals surface area contributed by atoms with Crippen LogP contribution in [0.1, 0.15) is 67.0 Å². The molecule has 0 saturated heterocycles. The topological polar surface area (TPSA) is 29.5 Å². The standard InChI is InChI=1S/C15H25BrOSi.C9H11BrO.CH4/c1-14(2,3)18(6,7)17-15(4,5)12-10-8-9-11-13(12)16;1-9(2,11)7-5-3-4-6-8(7)10;/h8-11H,1-7H3;3-6,11H,1-2H3;1H4. The Morgan fingerprint density at radius 2 is 1.10 bits per heavy atom. The fourth-order valence-electron chi connectivity index (χ4n) is 2.75. The van der Waals surface area contributed by atoms with Gasteiger partial charge in [-0.25, -0.2) is 0 Å². The lowest BCUT2D eigenvalue weighted by Crippen LogP contribution is -2.46. The molecule has 170 valence electrons. The minimum atomic E-state index is -1.77. The van der Waals surface area contributed by atoms with Crippen molar-refractivity contribution in [1.29, 1.82) is 0 Å². The second-order valence-corrected chi connectivity index (χ2v) is 16.3. The fourth-order valence-corrected chi connectivity index (χ4v) is 5.98. The van der Waals surface area contributed by atoms with Gasteiger partial charge in [0.25, 0.3) is 0 Å². The highest BCUT2D eigenvalue weighted by atomic mass is 79.9. The zero-order valence-corrected chi connectivity index (χ0v) is 23.4. The first-order valence-electron chi connectivity index (χ1n) is 9.91. The molecule has 2 aromatic rings. The van der Waals surface area contributed by atoms with E-state index in [1.54, 1.807) is 13.8 Å². The molecule has 0 heterocycles. The molecule has 0 aromatic heterocycles. The van der Waals surface area contributed by atoms with Gasteiger partial charge in [-0.3, -0.25) is 0 Å². The third kappa shape index (κ3) is 8.23. The van der Waals surface area contributed by atoms with Crippen LogP contribution in [-0.2, 0) is 15.6 Å². The highest BCUT2D eigenvalue weighted by Gasteiger charge is 2.42. The number of rotatable bonds is 4. The molecule has 0 fully saturated rings. The first-order chi connectivity index (χ1) is 13.0. The Bertz CT molecular complexity index is 803. The van der Waals surface area contributed by atoms with Crippen molar-refractivity contribution in [2.75, 3.05) is 0 Å². The molecule has 0 amide bonds. The zero-order valence-electron chi connectivity index (χ0n) is 19.2. The Morgan fingerprint density at radius 3 is 1.40 bits per heavy atom. The Labute approximate surface area is 202 Å². The van der Waals surface area contributed by atoms with E-state index in [1.165, 1.54) is 5.56 Å². The Kier molecular flexibility index (Phi) is 10.7. The summed E-state index contributed by atoms with van der Waals surface area (Å²) >= 11 is 7.00. The Morgan fingerprint density at radius 1 is 0.733 bits per heavy atom. The maximum absolute atomic E-state index is 9.64. The van der Waals surface area contributed by atoms with Crippen LogP contribution >= 0.6 is 31.9 Å². The quantitative estimate of drug-likeness (QED) is 0.378. The monoisotopic (exact) mass is 558 g/mol. The maximum Gasteiger partial charge on any atom is 0.193 e. The molecule has 0 radical (unpaired) electrons. The van der Waals surface area contributed by atoms with Gasteiger partial charge in [0, 0.05) is 8.95 Å². The van der Waals surface area contributed by atoms with Crippen LogP contribution in [0.4, 0.5) is 0 Å². The highest BCUT2D eigenvalue weighted by molar-refractivity contribution is 9.10. The zero-order chi connectivity index (χ0) is 22.7. The van der Waals surface area contributed by atoms with E-state index in [0.717, 1.165) is 14.5 Å². The lowest BCUT2D eigenvalue weighted by molar-refractivity contribution is 0.0778. The van der Waals surface area contributed by atoms with Gasteiger partial charge in [0.2, 0.25) is 0 Å². The second kappa shape index (κ2) is 10.9. The van der Waals surface area contributed by atoms with Gasteiger partial charge in [0.05, 0.1) is 11.2 Å². The van der Waals surface area contributed by atoms with Gasteiger partial charge in [0.15, 0.2) is 8.32 Å². The average Bonchev–Trinajstić information content (AvgIpc) is 2.53. The van der Waals surface area contributed by atoms with E-state index in [0.29, 0.717) is 0 Å². The number of hydrogen-bond acceptors (Lipinski definition) is 2. The van der Waals surface area contributed by atoms with Crippen LogP contribution in [0.3, 0.4) is 0 Å². The summed E-state index contributed by atoms with van der Waals surface area (Å²) in [6.07, 6.45) is 0. The lowest BCUT2D eigenvalue weighted by Gasteiger charge is -2.43. The van der Waals surface area contributed by atoms with Gasteiger partial charge < -0.3 is 9.53 Å². The van der Waals surface area contributed by atoms with Crippen molar-refractivity contribution in [1.82, 2.24) is 0 Å². The van der Waals surface area contributed by atoms with Crippen LogP contribution in [0, 0.1) is 0 Å². The summed E-state index contributed by atoms with van der Waals surface area (Å²) in [5.74, 6) is 0. The molecule has 2 nitrogen and oxygen atoms in total. The fraction of sp³-hybridized carbons (Fsp3) is 0.520. The summed E-state index contributed by atoms with van der Waals surface area (Å²) in [5.41, 5.74) is 1.11. The SMILES string of the molecule is C.CC(C)(O)c1ccccc1Br.CC(C)(O[Si](C)(C)C(C)(C)C)c1ccccc1Br. The molecule has 0 saturated carbocycles. The third-order valence-electron chi connectivity index (χ3n) is 5.37. The van der Waals surface area contributed by atoms with Crippen LogP contribution < -0.4 is 0 Å². The van der Waals surface area contributed by atoms with E-state index < -0.39 is 13.9 Å². The van der Waals surface area contributed by atoms with E-state index >= 15 is 0 Å². The minimum absolute atomic E-state index is 0. The van der Waals surface area contributed by atoms with Crippen molar-refractivity contribution in [3.8, 4) is 0 Å². The molecule has 0 bridgehead atoms. The van der Waals surface area contributed by atoms with E-state index in [9.17, 15) is 5.11 Å². The molecule has 0 aliphatic rings. The lowest BCUT2D eigenvalue weighted by atomic mass is 9.99. The molecule has 2 rings (SSSR count). The Hall–Kier alpha value is -0.463. The summed E-state index contributed by atoms with van der Waals surface area (Å²) in [6, 6.07) is 16.0. The molecular weight excluding hydrogens is 520 g/mol. The van der Waals surface area contributed by atoms with Gasteiger partial charge in [-0.05, 0) is 69.1 Å². The van der Waals surface area contributed by atoms with Crippen molar-refractivity contribution in [2.45, 2.75) is 85.2 Å². The van der Waals surface area contributed by atoms with Crippen LogP contribution in [0.2, 0.25) is 18.1 Å². The normalized spacial score (nSPS) is 12.5. The predicted molar refractivity (Wildman–Crippen MR) is 142 cm³/mol. The van der Waals surface area contributed by atoms with Gasteiger partial charge in [-0.2, -0.15) is 0 Å². The summed E-state index contributed by atoms with van der Waals surface area (Å²) in [6.45, 7) is 19.3. The van der Waals surface area contributed by atoms with Crippen LogP contribution in [0.5, 0.6) is 0 Å². The van der Waals surface area contributed by atoms with E-state index in [-0.39, 0.29) is 18.1 Å². The van der Waals surface area contributed by atoms with Crippen LogP contribution in [-0.4, -0.2) is 13.4 Å². The molecule has 0 unspecified atom stereocenters. The van der Waals surface area contributed by atoms with Crippen molar-refractivity contribution in [2.24, 2.45) is 0 Å². The summed E-state index contributed by atoms with van der Waals surface area (Å²) in [5, 5.41) is 9.87. The van der Waals surface area contributed by atoms with Crippen molar-refractivity contribution >= 4 is 40.2 Å². The van der Waals surface area contributed by atoms with Gasteiger partial charge in [-0.15, -0.1) is 0 Å². The molecule has 5 heteroatoms. The molecular formula is C25H40Br2O2Si. The predicted octanol–water partition coefficient (Wildman–Crippen LogP) is 9.02. The molecule has 0 spiro atoms. The molecule has 30 heavy (non-hydrogen) atoms. The average molecular weight is 560 g/mol. The molecule has 0 aliphatic heterocycles. The van der Waals surface area contributed by atoms with Gasteiger partial charge >= 0.3 is 0 Å². The van der Waals surface area contributed by atoms with Crippen LogP contribution in [0.15, 0.2) is 57.5 Å². The number of aliphatic hydroxyl groups is 1.